The molecular formula is C10H9BrOS. The van der Waals surface area contributed by atoms with Crippen LogP contribution in [0.1, 0.15) is 12.5 Å². The van der Waals surface area contributed by atoms with Crippen molar-refractivity contribution >= 4 is 37.4 Å². The quantitative estimate of drug-likeness (QED) is 0.820. The van der Waals surface area contributed by atoms with Gasteiger partial charge in [0.05, 0.1) is 3.79 Å². The Morgan fingerprint density at radius 3 is 2.85 bits per heavy atom. The molecule has 0 aliphatic heterocycles. The maximum atomic E-state index is 9.61. The average molecular weight is 257 g/mol. The number of hydrogen-bond acceptors (Lipinski definition) is 2. The molecule has 1 aromatic carbocycles. The van der Waals surface area contributed by atoms with Crippen LogP contribution in [0.3, 0.4) is 0 Å². The second-order valence-corrected chi connectivity index (χ2v) is 5.39. The number of hydrogen-bond donors (Lipinski definition) is 1. The largest absolute Gasteiger partial charge is 0.508 e. The lowest BCUT2D eigenvalue weighted by atomic mass is 10.1. The molecule has 0 fully saturated rings. The van der Waals surface area contributed by atoms with Gasteiger partial charge in [-0.2, -0.15) is 0 Å². The van der Waals surface area contributed by atoms with Gasteiger partial charge in [-0.15, -0.1) is 11.3 Å². The van der Waals surface area contributed by atoms with Crippen LogP contribution in [0, 0.1) is 0 Å². The fraction of sp³-hybridized carbons (Fsp3) is 0.200. The Labute approximate surface area is 89.1 Å². The first-order valence-corrected chi connectivity index (χ1v) is 5.72. The predicted molar refractivity (Wildman–Crippen MR) is 60.6 cm³/mol. The summed E-state index contributed by atoms with van der Waals surface area (Å²) in [5.74, 6) is 0.407. The van der Waals surface area contributed by atoms with Crippen molar-refractivity contribution in [2.45, 2.75) is 13.3 Å². The van der Waals surface area contributed by atoms with E-state index in [0.29, 0.717) is 5.75 Å². The van der Waals surface area contributed by atoms with Crippen LogP contribution < -0.4 is 0 Å². The molecule has 3 heteroatoms. The summed E-state index contributed by atoms with van der Waals surface area (Å²) in [5, 5.41) is 10.8. The topological polar surface area (TPSA) is 20.2 Å². The molecule has 1 heterocycles. The zero-order valence-electron chi connectivity index (χ0n) is 7.17. The Kier molecular flexibility index (Phi) is 2.30. The van der Waals surface area contributed by atoms with Gasteiger partial charge < -0.3 is 5.11 Å². The molecule has 0 atom stereocenters. The highest BCUT2D eigenvalue weighted by atomic mass is 79.9. The number of aromatic hydroxyl groups is 1. The van der Waals surface area contributed by atoms with Gasteiger partial charge in [0.25, 0.3) is 0 Å². The summed E-state index contributed by atoms with van der Waals surface area (Å²) in [4.78, 5) is 0. The lowest BCUT2D eigenvalue weighted by Crippen LogP contribution is -1.79. The van der Waals surface area contributed by atoms with Crippen molar-refractivity contribution in [3.05, 3.63) is 27.5 Å². The smallest absolute Gasteiger partial charge is 0.120 e. The van der Waals surface area contributed by atoms with Crippen molar-refractivity contribution in [3.63, 3.8) is 0 Å². The summed E-state index contributed by atoms with van der Waals surface area (Å²) in [5.41, 5.74) is 1.01. The van der Waals surface area contributed by atoms with Crippen molar-refractivity contribution < 1.29 is 5.11 Å². The number of fused-ring (bicyclic) bond motifs is 1. The summed E-state index contributed by atoms with van der Waals surface area (Å²) in [6, 6.07) is 5.97. The molecule has 0 saturated heterocycles. The van der Waals surface area contributed by atoms with Crippen LogP contribution in [0.4, 0.5) is 0 Å². The van der Waals surface area contributed by atoms with E-state index < -0.39 is 0 Å². The Hall–Kier alpha value is -0.540. The highest BCUT2D eigenvalue weighted by Crippen LogP contribution is 2.34. The molecule has 0 unspecified atom stereocenters. The number of thiophene rings is 1. The summed E-state index contributed by atoms with van der Waals surface area (Å²) in [7, 11) is 0. The van der Waals surface area contributed by atoms with Gasteiger partial charge in [0.1, 0.15) is 5.75 Å². The van der Waals surface area contributed by atoms with E-state index in [-0.39, 0.29) is 0 Å². The molecule has 68 valence electrons. The Morgan fingerprint density at radius 1 is 1.38 bits per heavy atom. The summed E-state index contributed by atoms with van der Waals surface area (Å²) in [6.45, 7) is 2.04. The Bertz CT molecular complexity index is 447. The average Bonchev–Trinajstić information content (AvgIpc) is 2.42. The molecule has 1 aromatic heterocycles. The normalized spacial score (nSPS) is 10.9. The predicted octanol–water partition coefficient (Wildman–Crippen LogP) is 3.93. The lowest BCUT2D eigenvalue weighted by Gasteiger charge is -2.00. The third-order valence-corrected chi connectivity index (χ3v) is 3.67. The van der Waals surface area contributed by atoms with Gasteiger partial charge in [0.15, 0.2) is 0 Å². The number of phenolic OH excluding ortho intramolecular Hbond substituents is 1. The van der Waals surface area contributed by atoms with E-state index in [2.05, 4.69) is 22.0 Å². The monoisotopic (exact) mass is 256 g/mol. The number of phenols is 1. The molecule has 13 heavy (non-hydrogen) atoms. The molecule has 1 nitrogen and oxygen atoms in total. The SMILES string of the molecule is CCc1cc2cc(Br)sc2cc1O. The molecule has 0 radical (unpaired) electrons. The van der Waals surface area contributed by atoms with Gasteiger partial charge in [0.2, 0.25) is 0 Å². The van der Waals surface area contributed by atoms with Gasteiger partial charge in [0, 0.05) is 4.70 Å². The zero-order valence-corrected chi connectivity index (χ0v) is 9.58. The zero-order chi connectivity index (χ0) is 9.42. The standard InChI is InChI=1S/C10H9BrOS/c1-2-6-3-7-4-10(11)13-9(7)5-8(6)12/h3-5,12H,2H2,1H3. The van der Waals surface area contributed by atoms with Crippen LogP contribution in [0.5, 0.6) is 5.75 Å². The van der Waals surface area contributed by atoms with Crippen molar-refractivity contribution in [1.82, 2.24) is 0 Å². The highest BCUT2D eigenvalue weighted by Gasteiger charge is 2.04. The molecule has 0 saturated carbocycles. The summed E-state index contributed by atoms with van der Waals surface area (Å²) < 4.78 is 2.23. The molecule has 2 aromatic rings. The van der Waals surface area contributed by atoms with E-state index in [4.69, 9.17) is 0 Å². The number of rotatable bonds is 1. The molecule has 1 N–H and O–H groups in total. The molecule has 0 aliphatic rings. The fourth-order valence-corrected chi connectivity index (χ4v) is 2.95. The molecule has 2 rings (SSSR count). The fourth-order valence-electron chi connectivity index (χ4n) is 1.37. The van der Waals surface area contributed by atoms with Crippen LogP contribution in [-0.4, -0.2) is 5.11 Å². The van der Waals surface area contributed by atoms with Gasteiger partial charge in [-0.05, 0) is 51.5 Å². The van der Waals surface area contributed by atoms with E-state index in [1.165, 1.54) is 5.39 Å². The minimum Gasteiger partial charge on any atom is -0.508 e. The van der Waals surface area contributed by atoms with E-state index in [1.807, 2.05) is 19.1 Å². The van der Waals surface area contributed by atoms with E-state index >= 15 is 0 Å². The third-order valence-electron chi connectivity index (χ3n) is 2.07. The van der Waals surface area contributed by atoms with Crippen molar-refractivity contribution in [3.8, 4) is 5.75 Å². The summed E-state index contributed by atoms with van der Waals surface area (Å²) >= 11 is 5.07. The van der Waals surface area contributed by atoms with Gasteiger partial charge in [-0.1, -0.05) is 6.92 Å². The molecule has 0 aliphatic carbocycles. The van der Waals surface area contributed by atoms with Crippen molar-refractivity contribution in [2.75, 3.05) is 0 Å². The number of benzene rings is 1. The first kappa shape index (κ1) is 9.03. The second-order valence-electron chi connectivity index (χ2n) is 2.92. The van der Waals surface area contributed by atoms with Crippen molar-refractivity contribution in [2.24, 2.45) is 0 Å². The Morgan fingerprint density at radius 2 is 2.15 bits per heavy atom. The van der Waals surface area contributed by atoms with E-state index in [9.17, 15) is 5.11 Å². The second kappa shape index (κ2) is 3.31. The van der Waals surface area contributed by atoms with Crippen molar-refractivity contribution in [1.29, 1.82) is 0 Å². The maximum absolute atomic E-state index is 9.61. The van der Waals surface area contributed by atoms with Gasteiger partial charge in [-0.3, -0.25) is 0 Å². The highest BCUT2D eigenvalue weighted by molar-refractivity contribution is 9.11. The minimum atomic E-state index is 0.407. The van der Waals surface area contributed by atoms with Gasteiger partial charge >= 0.3 is 0 Å². The minimum absolute atomic E-state index is 0.407. The molecule has 0 bridgehead atoms. The van der Waals surface area contributed by atoms with Crippen LogP contribution in [-0.2, 0) is 6.42 Å². The molecule has 0 amide bonds. The summed E-state index contributed by atoms with van der Waals surface area (Å²) in [6.07, 6.45) is 0.870. The first-order valence-electron chi connectivity index (χ1n) is 4.11. The van der Waals surface area contributed by atoms with E-state index in [1.54, 1.807) is 11.3 Å². The van der Waals surface area contributed by atoms with Gasteiger partial charge in [-0.25, -0.2) is 0 Å². The Balaban J connectivity index is 2.72. The van der Waals surface area contributed by atoms with Crippen LogP contribution in [0.15, 0.2) is 22.0 Å². The number of aryl methyl sites for hydroxylation is 1. The maximum Gasteiger partial charge on any atom is 0.120 e. The first-order chi connectivity index (χ1) is 6.20. The number of halogens is 1. The molecule has 0 spiro atoms. The van der Waals surface area contributed by atoms with Crippen LogP contribution in [0.25, 0.3) is 10.1 Å². The van der Waals surface area contributed by atoms with E-state index in [0.717, 1.165) is 20.5 Å². The van der Waals surface area contributed by atoms with Crippen LogP contribution in [0.2, 0.25) is 0 Å². The molecular weight excluding hydrogens is 248 g/mol. The lowest BCUT2D eigenvalue weighted by molar-refractivity contribution is 0.470. The third kappa shape index (κ3) is 1.58. The van der Waals surface area contributed by atoms with Crippen LogP contribution >= 0.6 is 27.3 Å².